The van der Waals surface area contributed by atoms with Crippen LogP contribution in [-0.2, 0) is 10.0 Å². The summed E-state index contributed by atoms with van der Waals surface area (Å²) in [6, 6.07) is 4.72. The molecule has 0 aliphatic heterocycles. The number of H-pyrrole nitrogens is 1. The number of hydrogen-bond donors (Lipinski definition) is 2. The number of benzene rings is 1. The van der Waals surface area contributed by atoms with Crippen LogP contribution >= 0.6 is 23.2 Å². The van der Waals surface area contributed by atoms with Gasteiger partial charge in [-0.05, 0) is 19.1 Å². The zero-order valence-electron chi connectivity index (χ0n) is 9.24. The van der Waals surface area contributed by atoms with Crippen molar-refractivity contribution in [3.05, 3.63) is 40.3 Å². The van der Waals surface area contributed by atoms with Gasteiger partial charge in [0, 0.05) is 0 Å². The highest BCUT2D eigenvalue weighted by molar-refractivity contribution is 7.92. The van der Waals surface area contributed by atoms with Crippen molar-refractivity contribution in [1.29, 1.82) is 0 Å². The molecule has 1 aromatic carbocycles. The number of aryl methyl sites for hydroxylation is 1. The van der Waals surface area contributed by atoms with E-state index in [0.717, 1.165) is 0 Å². The smallest absolute Gasteiger partial charge is 0.279 e. The number of aromatic nitrogens is 2. The van der Waals surface area contributed by atoms with E-state index < -0.39 is 10.0 Å². The minimum atomic E-state index is -3.77. The normalized spacial score (nSPS) is 11.5. The maximum absolute atomic E-state index is 12.0. The summed E-state index contributed by atoms with van der Waals surface area (Å²) in [4.78, 5) is 6.46. The number of imidazole rings is 1. The lowest BCUT2D eigenvalue weighted by atomic mass is 10.3. The molecule has 0 aliphatic rings. The molecule has 0 saturated carbocycles. The van der Waals surface area contributed by atoms with Crippen LogP contribution in [-0.4, -0.2) is 18.4 Å². The quantitative estimate of drug-likeness (QED) is 0.915. The molecule has 0 fully saturated rings. The van der Waals surface area contributed by atoms with Gasteiger partial charge in [-0.3, -0.25) is 4.72 Å². The second-order valence-electron chi connectivity index (χ2n) is 3.54. The summed E-state index contributed by atoms with van der Waals surface area (Å²) in [6.45, 7) is 1.65. The van der Waals surface area contributed by atoms with E-state index in [9.17, 15) is 8.42 Å². The van der Waals surface area contributed by atoms with Crippen LogP contribution in [0.3, 0.4) is 0 Å². The number of nitrogens with one attached hydrogen (secondary N) is 2. The van der Waals surface area contributed by atoms with Crippen LogP contribution in [0.25, 0.3) is 0 Å². The minimum absolute atomic E-state index is 0.0454. The van der Waals surface area contributed by atoms with Gasteiger partial charge in [0.15, 0.2) is 5.03 Å². The number of para-hydroxylation sites is 1. The Hall–Kier alpha value is -1.24. The molecule has 8 heteroatoms. The van der Waals surface area contributed by atoms with Gasteiger partial charge in [-0.1, -0.05) is 29.3 Å². The molecule has 0 amide bonds. The number of sulfonamides is 1. The highest BCUT2D eigenvalue weighted by atomic mass is 35.5. The Labute approximate surface area is 114 Å². The van der Waals surface area contributed by atoms with Crippen molar-refractivity contribution in [2.75, 3.05) is 4.72 Å². The fourth-order valence-corrected chi connectivity index (χ4v) is 3.00. The second-order valence-corrected chi connectivity index (χ2v) is 6.00. The van der Waals surface area contributed by atoms with Crippen LogP contribution in [0.4, 0.5) is 5.69 Å². The number of rotatable bonds is 3. The standard InChI is InChI=1S/C10H9Cl2N3O2S/c1-6-13-5-9(14-6)18(16,17)15-10-7(11)3-2-4-8(10)12/h2-5,15H,1H3,(H,13,14). The molecular weight excluding hydrogens is 297 g/mol. The lowest BCUT2D eigenvalue weighted by Crippen LogP contribution is -2.14. The number of nitrogens with zero attached hydrogens (tertiary/aromatic N) is 1. The molecule has 2 rings (SSSR count). The maximum Gasteiger partial charge on any atom is 0.279 e. The van der Waals surface area contributed by atoms with Gasteiger partial charge in [0.25, 0.3) is 10.0 Å². The molecule has 2 aromatic rings. The molecule has 0 unspecified atom stereocenters. The van der Waals surface area contributed by atoms with E-state index in [1.807, 2.05) is 0 Å². The third kappa shape index (κ3) is 2.60. The molecule has 5 nitrogen and oxygen atoms in total. The van der Waals surface area contributed by atoms with Crippen LogP contribution < -0.4 is 4.72 Å². The SMILES string of the molecule is Cc1ncc(S(=O)(=O)Nc2c(Cl)cccc2Cl)[nH]1. The molecule has 2 N–H and O–H groups in total. The zero-order valence-corrected chi connectivity index (χ0v) is 11.6. The van der Waals surface area contributed by atoms with Gasteiger partial charge in [-0.2, -0.15) is 8.42 Å². The van der Waals surface area contributed by atoms with Gasteiger partial charge in [-0.25, -0.2) is 4.98 Å². The third-order valence-corrected chi connectivity index (χ3v) is 4.06. The monoisotopic (exact) mass is 305 g/mol. The first kappa shape index (κ1) is 13.2. The Morgan fingerprint density at radius 2 is 1.89 bits per heavy atom. The molecule has 1 heterocycles. The Bertz CT molecular complexity index is 662. The first-order valence-corrected chi connectivity index (χ1v) is 7.12. The van der Waals surface area contributed by atoms with Gasteiger partial charge < -0.3 is 4.98 Å². The van der Waals surface area contributed by atoms with E-state index in [-0.39, 0.29) is 20.8 Å². The summed E-state index contributed by atoms with van der Waals surface area (Å²) in [5.41, 5.74) is 0.146. The van der Waals surface area contributed by atoms with Gasteiger partial charge >= 0.3 is 0 Å². The largest absolute Gasteiger partial charge is 0.332 e. The van der Waals surface area contributed by atoms with E-state index in [0.29, 0.717) is 5.82 Å². The van der Waals surface area contributed by atoms with Crippen LogP contribution in [0.5, 0.6) is 0 Å². The van der Waals surface area contributed by atoms with Gasteiger partial charge in [0.2, 0.25) is 0 Å². The van der Waals surface area contributed by atoms with E-state index in [1.54, 1.807) is 25.1 Å². The first-order valence-electron chi connectivity index (χ1n) is 4.88. The summed E-state index contributed by atoms with van der Waals surface area (Å²) in [5.74, 6) is 0.501. The van der Waals surface area contributed by atoms with Crippen molar-refractivity contribution >= 4 is 38.9 Å². The maximum atomic E-state index is 12.0. The summed E-state index contributed by atoms with van der Waals surface area (Å²) >= 11 is 11.8. The van der Waals surface area contributed by atoms with E-state index in [4.69, 9.17) is 23.2 Å². The topological polar surface area (TPSA) is 74.8 Å². The minimum Gasteiger partial charge on any atom is -0.332 e. The molecule has 18 heavy (non-hydrogen) atoms. The molecule has 0 spiro atoms. The average Bonchev–Trinajstić information content (AvgIpc) is 2.71. The molecule has 0 saturated heterocycles. The predicted molar refractivity (Wildman–Crippen MR) is 70.6 cm³/mol. The highest BCUT2D eigenvalue weighted by Crippen LogP contribution is 2.31. The predicted octanol–water partition coefficient (Wildman–Crippen LogP) is 2.83. The van der Waals surface area contributed by atoms with Crippen molar-refractivity contribution in [2.45, 2.75) is 11.9 Å². The first-order chi connectivity index (χ1) is 8.40. The fraction of sp³-hybridized carbons (Fsp3) is 0.100. The van der Waals surface area contributed by atoms with Crippen LogP contribution in [0.1, 0.15) is 5.82 Å². The summed E-state index contributed by atoms with van der Waals surface area (Å²) in [6.07, 6.45) is 1.22. The Morgan fingerprint density at radius 1 is 1.28 bits per heavy atom. The van der Waals surface area contributed by atoms with E-state index in [1.165, 1.54) is 6.20 Å². The zero-order chi connectivity index (χ0) is 13.3. The van der Waals surface area contributed by atoms with Crippen LogP contribution in [0.2, 0.25) is 10.0 Å². The molecule has 1 aromatic heterocycles. The number of halogens is 2. The van der Waals surface area contributed by atoms with E-state index >= 15 is 0 Å². The lowest BCUT2D eigenvalue weighted by Gasteiger charge is -2.09. The van der Waals surface area contributed by atoms with Gasteiger partial charge in [0.1, 0.15) is 5.82 Å². The molecule has 0 atom stereocenters. The molecular formula is C10H9Cl2N3O2S. The van der Waals surface area contributed by atoms with E-state index in [2.05, 4.69) is 14.7 Å². The van der Waals surface area contributed by atoms with Crippen LogP contribution in [0.15, 0.2) is 29.4 Å². The lowest BCUT2D eigenvalue weighted by molar-refractivity contribution is 0.598. The molecule has 0 aliphatic carbocycles. The van der Waals surface area contributed by atoms with Crippen molar-refractivity contribution in [3.63, 3.8) is 0 Å². The van der Waals surface area contributed by atoms with Crippen molar-refractivity contribution in [2.24, 2.45) is 0 Å². The van der Waals surface area contributed by atoms with Gasteiger partial charge in [-0.15, -0.1) is 0 Å². The molecule has 0 bridgehead atoms. The second kappa shape index (κ2) is 4.79. The number of anilines is 1. The Balaban J connectivity index is 2.40. The fourth-order valence-electron chi connectivity index (χ4n) is 1.32. The number of hydrogen-bond acceptors (Lipinski definition) is 3. The summed E-state index contributed by atoms with van der Waals surface area (Å²) in [7, 11) is -3.77. The van der Waals surface area contributed by atoms with Crippen molar-refractivity contribution in [1.82, 2.24) is 9.97 Å². The van der Waals surface area contributed by atoms with Crippen LogP contribution in [0, 0.1) is 6.92 Å². The van der Waals surface area contributed by atoms with Gasteiger partial charge in [0.05, 0.1) is 21.9 Å². The van der Waals surface area contributed by atoms with Crippen molar-refractivity contribution < 1.29 is 8.42 Å². The summed E-state index contributed by atoms with van der Waals surface area (Å²) in [5, 5.41) is 0.403. The van der Waals surface area contributed by atoms with Crippen molar-refractivity contribution in [3.8, 4) is 0 Å². The molecule has 96 valence electrons. The average molecular weight is 306 g/mol. The third-order valence-electron chi connectivity index (χ3n) is 2.17. The highest BCUT2D eigenvalue weighted by Gasteiger charge is 2.19. The Morgan fingerprint density at radius 3 is 2.39 bits per heavy atom. The summed E-state index contributed by atoms with van der Waals surface area (Å²) < 4.78 is 26.4. The Kier molecular flexibility index (Phi) is 3.52. The number of aromatic amines is 1. The molecule has 0 radical (unpaired) electrons.